The lowest BCUT2D eigenvalue weighted by atomic mass is 10.1. The molecule has 0 saturated carbocycles. The summed E-state index contributed by atoms with van der Waals surface area (Å²) >= 11 is 0. The number of piperidine rings is 1. The van der Waals surface area contributed by atoms with Gasteiger partial charge in [0.1, 0.15) is 0 Å². The Bertz CT molecular complexity index is 514. The van der Waals surface area contributed by atoms with E-state index in [0.717, 1.165) is 24.3 Å². The van der Waals surface area contributed by atoms with Crippen molar-refractivity contribution in [2.75, 3.05) is 23.7 Å². The summed E-state index contributed by atoms with van der Waals surface area (Å²) in [5.74, 6) is 1.25. The Labute approximate surface area is 106 Å². The van der Waals surface area contributed by atoms with E-state index in [9.17, 15) is 0 Å². The first kappa shape index (κ1) is 11.1. The molecule has 1 saturated heterocycles. The normalized spacial score (nSPS) is 15.9. The quantitative estimate of drug-likeness (QED) is 0.821. The SMILES string of the molecule is Nc1ccc(-c2nc(N3CCCCC3)no2)cc1. The van der Waals surface area contributed by atoms with Crippen molar-refractivity contribution in [3.05, 3.63) is 24.3 Å². The maximum Gasteiger partial charge on any atom is 0.266 e. The maximum absolute atomic E-state index is 5.65. The number of nitrogen functional groups attached to an aromatic ring is 1. The van der Waals surface area contributed by atoms with Crippen molar-refractivity contribution in [1.29, 1.82) is 0 Å². The maximum atomic E-state index is 5.65. The summed E-state index contributed by atoms with van der Waals surface area (Å²) in [6.45, 7) is 2.03. The van der Waals surface area contributed by atoms with E-state index < -0.39 is 0 Å². The van der Waals surface area contributed by atoms with Crippen molar-refractivity contribution >= 4 is 11.6 Å². The fourth-order valence-electron chi connectivity index (χ4n) is 2.18. The highest BCUT2D eigenvalue weighted by atomic mass is 16.5. The predicted molar refractivity (Wildman–Crippen MR) is 70.2 cm³/mol. The first-order chi connectivity index (χ1) is 8.83. The van der Waals surface area contributed by atoms with Gasteiger partial charge in [0.15, 0.2) is 0 Å². The van der Waals surface area contributed by atoms with Crippen molar-refractivity contribution in [2.24, 2.45) is 0 Å². The summed E-state index contributed by atoms with van der Waals surface area (Å²) in [6, 6.07) is 7.45. The van der Waals surface area contributed by atoms with Gasteiger partial charge in [0.05, 0.1) is 0 Å². The van der Waals surface area contributed by atoms with Gasteiger partial charge in [-0.1, -0.05) is 0 Å². The number of hydrogen-bond donors (Lipinski definition) is 1. The van der Waals surface area contributed by atoms with Crippen LogP contribution in [0.5, 0.6) is 0 Å². The van der Waals surface area contributed by atoms with Crippen LogP contribution < -0.4 is 10.6 Å². The van der Waals surface area contributed by atoms with Gasteiger partial charge in [0.2, 0.25) is 0 Å². The van der Waals surface area contributed by atoms with Crippen LogP contribution in [0.15, 0.2) is 28.8 Å². The molecule has 0 amide bonds. The molecule has 0 bridgehead atoms. The van der Waals surface area contributed by atoms with Crippen molar-refractivity contribution in [3.63, 3.8) is 0 Å². The van der Waals surface area contributed by atoms with Gasteiger partial charge in [-0.15, -0.1) is 0 Å². The second-order valence-electron chi connectivity index (χ2n) is 4.57. The molecule has 0 spiro atoms. The average Bonchev–Trinajstić information content (AvgIpc) is 2.90. The Morgan fingerprint density at radius 3 is 2.50 bits per heavy atom. The van der Waals surface area contributed by atoms with Crippen LogP contribution in [-0.2, 0) is 0 Å². The number of anilines is 2. The van der Waals surface area contributed by atoms with Gasteiger partial charge >= 0.3 is 0 Å². The fourth-order valence-corrected chi connectivity index (χ4v) is 2.18. The summed E-state index contributed by atoms with van der Waals surface area (Å²) in [7, 11) is 0. The van der Waals surface area contributed by atoms with E-state index in [2.05, 4.69) is 15.0 Å². The third-order valence-electron chi connectivity index (χ3n) is 3.21. The molecule has 18 heavy (non-hydrogen) atoms. The highest BCUT2D eigenvalue weighted by molar-refractivity contribution is 5.58. The van der Waals surface area contributed by atoms with Gasteiger partial charge in [-0.25, -0.2) is 0 Å². The van der Waals surface area contributed by atoms with Gasteiger partial charge < -0.3 is 15.2 Å². The summed E-state index contributed by atoms with van der Waals surface area (Å²) in [4.78, 5) is 6.62. The molecule has 1 aromatic carbocycles. The topological polar surface area (TPSA) is 68.2 Å². The first-order valence-corrected chi connectivity index (χ1v) is 6.27. The Morgan fingerprint density at radius 1 is 1.06 bits per heavy atom. The van der Waals surface area contributed by atoms with Crippen LogP contribution in [0, 0.1) is 0 Å². The van der Waals surface area contributed by atoms with Crippen molar-refractivity contribution in [1.82, 2.24) is 10.1 Å². The zero-order valence-electron chi connectivity index (χ0n) is 10.2. The minimum Gasteiger partial charge on any atom is -0.399 e. The highest BCUT2D eigenvalue weighted by Gasteiger charge is 2.17. The van der Waals surface area contributed by atoms with E-state index in [-0.39, 0.29) is 0 Å². The summed E-state index contributed by atoms with van der Waals surface area (Å²) in [5.41, 5.74) is 7.29. The molecule has 5 nitrogen and oxygen atoms in total. The third-order valence-corrected chi connectivity index (χ3v) is 3.21. The van der Waals surface area contributed by atoms with E-state index in [1.807, 2.05) is 24.3 Å². The zero-order chi connectivity index (χ0) is 12.4. The third kappa shape index (κ3) is 2.16. The van der Waals surface area contributed by atoms with E-state index in [0.29, 0.717) is 11.8 Å². The van der Waals surface area contributed by atoms with Crippen molar-refractivity contribution < 1.29 is 4.52 Å². The minimum absolute atomic E-state index is 0.551. The largest absolute Gasteiger partial charge is 0.399 e. The first-order valence-electron chi connectivity index (χ1n) is 6.27. The predicted octanol–water partition coefficient (Wildman–Crippen LogP) is 2.31. The lowest BCUT2D eigenvalue weighted by molar-refractivity contribution is 0.426. The molecule has 1 aliphatic rings. The van der Waals surface area contributed by atoms with Crippen LogP contribution in [0.4, 0.5) is 11.6 Å². The van der Waals surface area contributed by atoms with Crippen LogP contribution in [-0.4, -0.2) is 23.2 Å². The van der Waals surface area contributed by atoms with Crippen LogP contribution in [0.2, 0.25) is 0 Å². The molecule has 1 aromatic heterocycles. The molecule has 1 fully saturated rings. The van der Waals surface area contributed by atoms with Crippen LogP contribution in [0.1, 0.15) is 19.3 Å². The molecule has 0 atom stereocenters. The van der Waals surface area contributed by atoms with Gasteiger partial charge in [-0.05, 0) is 48.7 Å². The standard InChI is InChI=1S/C13H16N4O/c14-11-6-4-10(5-7-11)12-15-13(16-18-12)17-8-2-1-3-9-17/h4-7H,1-3,8-9,14H2. The highest BCUT2D eigenvalue weighted by Crippen LogP contribution is 2.22. The summed E-state index contributed by atoms with van der Waals surface area (Å²) in [6.07, 6.45) is 3.69. The van der Waals surface area contributed by atoms with Gasteiger partial charge in [0.25, 0.3) is 11.8 Å². The van der Waals surface area contributed by atoms with Gasteiger partial charge in [-0.3, -0.25) is 0 Å². The molecular formula is C13H16N4O. The molecule has 0 aliphatic carbocycles. The fraction of sp³-hybridized carbons (Fsp3) is 0.385. The second-order valence-corrected chi connectivity index (χ2v) is 4.57. The lowest BCUT2D eigenvalue weighted by Gasteiger charge is -2.24. The molecule has 1 aliphatic heterocycles. The molecule has 3 rings (SSSR count). The van der Waals surface area contributed by atoms with E-state index in [4.69, 9.17) is 10.3 Å². The Morgan fingerprint density at radius 2 is 1.78 bits per heavy atom. The van der Waals surface area contributed by atoms with Crippen LogP contribution >= 0.6 is 0 Å². The molecule has 0 radical (unpaired) electrons. The molecule has 2 heterocycles. The molecule has 94 valence electrons. The monoisotopic (exact) mass is 244 g/mol. The van der Waals surface area contributed by atoms with Crippen LogP contribution in [0.25, 0.3) is 11.5 Å². The summed E-state index contributed by atoms with van der Waals surface area (Å²) in [5, 5.41) is 4.05. The number of hydrogen-bond acceptors (Lipinski definition) is 5. The second kappa shape index (κ2) is 4.68. The smallest absolute Gasteiger partial charge is 0.266 e. The number of aromatic nitrogens is 2. The van der Waals surface area contributed by atoms with E-state index in [1.54, 1.807) is 0 Å². The minimum atomic E-state index is 0.551. The number of nitrogens with two attached hydrogens (primary N) is 1. The average molecular weight is 244 g/mol. The number of rotatable bonds is 2. The lowest BCUT2D eigenvalue weighted by Crippen LogP contribution is -2.30. The molecule has 2 N–H and O–H groups in total. The van der Waals surface area contributed by atoms with Crippen molar-refractivity contribution in [2.45, 2.75) is 19.3 Å². The van der Waals surface area contributed by atoms with Gasteiger partial charge in [-0.2, -0.15) is 4.98 Å². The number of nitrogens with zero attached hydrogens (tertiary/aromatic N) is 3. The van der Waals surface area contributed by atoms with E-state index in [1.165, 1.54) is 19.3 Å². The Hall–Kier alpha value is -2.04. The summed E-state index contributed by atoms with van der Waals surface area (Å²) < 4.78 is 5.30. The van der Waals surface area contributed by atoms with Crippen molar-refractivity contribution in [3.8, 4) is 11.5 Å². The van der Waals surface area contributed by atoms with E-state index >= 15 is 0 Å². The molecule has 0 unspecified atom stereocenters. The Balaban J connectivity index is 1.82. The van der Waals surface area contributed by atoms with Gasteiger partial charge in [0, 0.05) is 24.3 Å². The Kier molecular flexibility index (Phi) is 2.88. The molecule has 5 heteroatoms. The molecule has 2 aromatic rings. The zero-order valence-corrected chi connectivity index (χ0v) is 10.2. The molecular weight excluding hydrogens is 228 g/mol. The number of benzene rings is 1. The van der Waals surface area contributed by atoms with Crippen LogP contribution in [0.3, 0.4) is 0 Å².